The van der Waals surface area contributed by atoms with Crippen molar-refractivity contribution in [3.63, 3.8) is 0 Å². The molecule has 0 aliphatic rings. The Bertz CT molecular complexity index is 796. The molecule has 1 N–H and O–H groups in total. The second-order valence-electron chi connectivity index (χ2n) is 5.01. The zero-order valence-corrected chi connectivity index (χ0v) is 12.1. The van der Waals surface area contributed by atoms with E-state index in [-0.39, 0.29) is 5.75 Å². The summed E-state index contributed by atoms with van der Waals surface area (Å²) in [6.45, 7) is 4.13. The molecule has 0 amide bonds. The van der Waals surface area contributed by atoms with Crippen LogP contribution in [0.5, 0.6) is 17.4 Å². The molecular weight excluding hydrogens is 262 g/mol. The molecule has 0 aliphatic carbocycles. The molecule has 1 heterocycles. The Morgan fingerprint density at radius 3 is 2.57 bits per heavy atom. The van der Waals surface area contributed by atoms with Crippen LogP contribution in [-0.2, 0) is 6.42 Å². The number of rotatable bonds is 3. The van der Waals surface area contributed by atoms with Crippen molar-refractivity contribution < 1.29 is 9.84 Å². The van der Waals surface area contributed by atoms with Crippen molar-refractivity contribution in [2.24, 2.45) is 0 Å². The number of nitrogens with zero attached hydrogens (tertiary/aromatic N) is 1. The van der Waals surface area contributed by atoms with E-state index in [1.165, 1.54) is 6.20 Å². The summed E-state index contributed by atoms with van der Waals surface area (Å²) in [7, 11) is 0. The van der Waals surface area contributed by atoms with Crippen LogP contribution in [0.1, 0.15) is 18.1 Å². The smallest absolute Gasteiger partial charge is 0.227 e. The van der Waals surface area contributed by atoms with Crippen molar-refractivity contribution >= 4 is 10.8 Å². The Balaban J connectivity index is 2.13. The largest absolute Gasteiger partial charge is 0.506 e. The van der Waals surface area contributed by atoms with Gasteiger partial charge in [0.05, 0.1) is 6.20 Å². The highest BCUT2D eigenvalue weighted by Gasteiger charge is 2.12. The van der Waals surface area contributed by atoms with Crippen LogP contribution in [0.15, 0.2) is 48.7 Å². The summed E-state index contributed by atoms with van der Waals surface area (Å²) in [5, 5.41) is 11.5. The lowest BCUT2D eigenvalue weighted by Crippen LogP contribution is -1.96. The van der Waals surface area contributed by atoms with Crippen LogP contribution in [0.25, 0.3) is 10.8 Å². The van der Waals surface area contributed by atoms with Gasteiger partial charge in [-0.25, -0.2) is 4.98 Å². The van der Waals surface area contributed by atoms with Crippen molar-refractivity contribution in [3.8, 4) is 17.4 Å². The van der Waals surface area contributed by atoms with E-state index in [1.54, 1.807) is 0 Å². The third-order valence-electron chi connectivity index (χ3n) is 3.61. The predicted molar refractivity (Wildman–Crippen MR) is 84.0 cm³/mol. The van der Waals surface area contributed by atoms with E-state index in [0.29, 0.717) is 5.88 Å². The van der Waals surface area contributed by atoms with Crippen LogP contribution >= 0.6 is 0 Å². The fraction of sp³-hybridized carbons (Fsp3) is 0.167. The number of hydrogen-bond donors (Lipinski definition) is 1. The number of fused-ring (bicyclic) bond motifs is 1. The number of ether oxygens (including phenoxy) is 1. The number of pyridine rings is 1. The van der Waals surface area contributed by atoms with Crippen LogP contribution < -0.4 is 4.74 Å². The minimum Gasteiger partial charge on any atom is -0.506 e. The first kappa shape index (κ1) is 13.4. The van der Waals surface area contributed by atoms with E-state index < -0.39 is 0 Å². The van der Waals surface area contributed by atoms with Crippen LogP contribution in [-0.4, -0.2) is 10.1 Å². The molecule has 0 spiro atoms. The summed E-state index contributed by atoms with van der Waals surface area (Å²) >= 11 is 0. The molecular formula is C18H17NO2. The molecule has 3 rings (SSSR count). The average molecular weight is 279 g/mol. The van der Waals surface area contributed by atoms with Gasteiger partial charge in [-0.2, -0.15) is 0 Å². The third-order valence-corrected chi connectivity index (χ3v) is 3.61. The molecule has 0 fully saturated rings. The fourth-order valence-corrected chi connectivity index (χ4v) is 2.47. The SMILES string of the molecule is CCc1cccc(C)c1Oc1ncc(O)c2ccccc12. The van der Waals surface area contributed by atoms with Gasteiger partial charge in [0.25, 0.3) is 0 Å². The van der Waals surface area contributed by atoms with Gasteiger partial charge < -0.3 is 9.84 Å². The van der Waals surface area contributed by atoms with E-state index in [2.05, 4.69) is 18.0 Å². The molecule has 3 nitrogen and oxygen atoms in total. The number of para-hydroxylation sites is 1. The molecule has 0 unspecified atom stereocenters. The molecule has 106 valence electrons. The van der Waals surface area contributed by atoms with Crippen molar-refractivity contribution in [1.29, 1.82) is 0 Å². The highest BCUT2D eigenvalue weighted by Crippen LogP contribution is 2.35. The number of aromatic hydroxyl groups is 1. The zero-order valence-electron chi connectivity index (χ0n) is 12.1. The van der Waals surface area contributed by atoms with Gasteiger partial charge in [0, 0.05) is 10.8 Å². The van der Waals surface area contributed by atoms with Crippen LogP contribution in [0.4, 0.5) is 0 Å². The van der Waals surface area contributed by atoms with Gasteiger partial charge in [0.1, 0.15) is 11.5 Å². The Morgan fingerprint density at radius 2 is 1.81 bits per heavy atom. The Labute approximate surface area is 123 Å². The van der Waals surface area contributed by atoms with Gasteiger partial charge >= 0.3 is 0 Å². The fourth-order valence-electron chi connectivity index (χ4n) is 2.47. The lowest BCUT2D eigenvalue weighted by molar-refractivity contribution is 0.450. The topological polar surface area (TPSA) is 42.4 Å². The summed E-state index contributed by atoms with van der Waals surface area (Å²) in [6.07, 6.45) is 2.33. The molecule has 2 aromatic carbocycles. The average Bonchev–Trinajstić information content (AvgIpc) is 2.52. The van der Waals surface area contributed by atoms with E-state index in [0.717, 1.165) is 34.1 Å². The molecule has 0 atom stereocenters. The first-order chi connectivity index (χ1) is 10.2. The summed E-state index contributed by atoms with van der Waals surface area (Å²) in [6, 6.07) is 13.7. The van der Waals surface area contributed by atoms with Gasteiger partial charge in [-0.15, -0.1) is 0 Å². The van der Waals surface area contributed by atoms with Gasteiger partial charge in [-0.3, -0.25) is 0 Å². The molecule has 3 aromatic rings. The third kappa shape index (κ3) is 2.42. The standard InChI is InChI=1S/C18H17NO2/c1-3-13-8-6-7-12(2)17(13)21-18-15-10-5-4-9-14(15)16(20)11-19-18/h4-11,20H,3H2,1-2H3. The van der Waals surface area contributed by atoms with Crippen molar-refractivity contribution in [2.75, 3.05) is 0 Å². The van der Waals surface area contributed by atoms with Gasteiger partial charge in [-0.1, -0.05) is 43.3 Å². The quantitative estimate of drug-likeness (QED) is 0.761. The van der Waals surface area contributed by atoms with Gasteiger partial charge in [0.2, 0.25) is 5.88 Å². The Kier molecular flexibility index (Phi) is 3.48. The number of hydrogen-bond acceptors (Lipinski definition) is 3. The van der Waals surface area contributed by atoms with E-state index in [9.17, 15) is 5.11 Å². The van der Waals surface area contributed by atoms with Crippen LogP contribution in [0.3, 0.4) is 0 Å². The second kappa shape index (κ2) is 5.44. The molecule has 0 saturated carbocycles. The van der Waals surface area contributed by atoms with Crippen LogP contribution in [0.2, 0.25) is 0 Å². The van der Waals surface area contributed by atoms with Crippen LogP contribution in [0, 0.1) is 6.92 Å². The second-order valence-corrected chi connectivity index (χ2v) is 5.01. The molecule has 0 aliphatic heterocycles. The van der Waals surface area contributed by atoms with Gasteiger partial charge in [-0.05, 0) is 30.5 Å². The first-order valence-corrected chi connectivity index (χ1v) is 7.03. The summed E-state index contributed by atoms with van der Waals surface area (Å²) < 4.78 is 6.08. The maximum atomic E-state index is 9.90. The zero-order chi connectivity index (χ0) is 14.8. The lowest BCUT2D eigenvalue weighted by Gasteiger charge is -2.14. The predicted octanol–water partition coefficient (Wildman–Crippen LogP) is 4.60. The Hall–Kier alpha value is -2.55. The molecule has 0 saturated heterocycles. The minimum atomic E-state index is 0.165. The molecule has 21 heavy (non-hydrogen) atoms. The highest BCUT2D eigenvalue weighted by molar-refractivity contribution is 5.91. The van der Waals surface area contributed by atoms with Crippen molar-refractivity contribution in [1.82, 2.24) is 4.98 Å². The van der Waals surface area contributed by atoms with Crippen molar-refractivity contribution in [3.05, 3.63) is 59.8 Å². The minimum absolute atomic E-state index is 0.165. The lowest BCUT2D eigenvalue weighted by atomic mass is 10.1. The maximum Gasteiger partial charge on any atom is 0.227 e. The first-order valence-electron chi connectivity index (χ1n) is 7.03. The number of benzene rings is 2. The maximum absolute atomic E-state index is 9.90. The van der Waals surface area contributed by atoms with E-state index >= 15 is 0 Å². The van der Waals surface area contributed by atoms with E-state index in [4.69, 9.17) is 4.74 Å². The Morgan fingerprint density at radius 1 is 1.05 bits per heavy atom. The molecule has 0 bridgehead atoms. The molecule has 1 aromatic heterocycles. The summed E-state index contributed by atoms with van der Waals surface area (Å²) in [5.41, 5.74) is 2.22. The number of aryl methyl sites for hydroxylation is 2. The summed E-state index contributed by atoms with van der Waals surface area (Å²) in [5.74, 6) is 1.54. The van der Waals surface area contributed by atoms with E-state index in [1.807, 2.05) is 43.3 Å². The van der Waals surface area contributed by atoms with Crippen molar-refractivity contribution in [2.45, 2.75) is 20.3 Å². The normalized spacial score (nSPS) is 10.8. The molecule has 3 heteroatoms. The summed E-state index contributed by atoms with van der Waals surface area (Å²) in [4.78, 5) is 4.25. The highest BCUT2D eigenvalue weighted by atomic mass is 16.5. The van der Waals surface area contributed by atoms with Gasteiger partial charge in [0.15, 0.2) is 0 Å². The molecule has 0 radical (unpaired) electrons. The number of aromatic nitrogens is 1. The monoisotopic (exact) mass is 279 g/mol.